The SMILES string of the molecule is CCc1c(NC(=O)c2cc(S(=O)(=O)N3CCN(CC)CC3)cnc2O[C@H]2CCOC2)c(C(N)=O)nn1Cc1ccccn1. The van der Waals surface area contributed by atoms with Gasteiger partial charge in [0.05, 0.1) is 43.0 Å². The molecule has 3 N–H and O–H groups in total. The molecule has 230 valence electrons. The molecule has 2 aliphatic heterocycles. The summed E-state index contributed by atoms with van der Waals surface area (Å²) in [5.41, 5.74) is 6.81. The molecule has 2 saturated heterocycles. The van der Waals surface area contributed by atoms with Crippen LogP contribution in [0.3, 0.4) is 0 Å². The number of carbonyl (C=O) groups excluding carboxylic acids is 2. The Balaban J connectivity index is 1.49. The zero-order valence-corrected chi connectivity index (χ0v) is 25.0. The van der Waals surface area contributed by atoms with Crippen LogP contribution in [0.2, 0.25) is 0 Å². The van der Waals surface area contributed by atoms with E-state index < -0.39 is 21.8 Å². The summed E-state index contributed by atoms with van der Waals surface area (Å²) in [4.78, 5) is 36.9. The fourth-order valence-electron chi connectivity index (χ4n) is 5.15. The van der Waals surface area contributed by atoms with Gasteiger partial charge in [-0.15, -0.1) is 0 Å². The Morgan fingerprint density at radius 3 is 2.58 bits per heavy atom. The number of primary amides is 1. The first-order valence-corrected chi connectivity index (χ1v) is 15.7. The van der Waals surface area contributed by atoms with Crippen LogP contribution in [0.1, 0.15) is 52.5 Å². The van der Waals surface area contributed by atoms with Gasteiger partial charge >= 0.3 is 0 Å². The Bertz CT molecular complexity index is 1570. The van der Waals surface area contributed by atoms with Crippen molar-refractivity contribution < 1.29 is 27.5 Å². The van der Waals surface area contributed by atoms with E-state index in [9.17, 15) is 18.0 Å². The minimum Gasteiger partial charge on any atom is -0.471 e. The molecule has 1 atom stereocenters. The Morgan fingerprint density at radius 1 is 1.16 bits per heavy atom. The van der Waals surface area contributed by atoms with E-state index in [1.165, 1.54) is 16.6 Å². The molecule has 2 amide bonds. The normalized spacial score (nSPS) is 18.0. The molecule has 3 aromatic heterocycles. The van der Waals surface area contributed by atoms with Gasteiger partial charge in [-0.3, -0.25) is 19.3 Å². The average molecular weight is 613 g/mol. The van der Waals surface area contributed by atoms with E-state index >= 15 is 0 Å². The molecule has 3 aromatic rings. The van der Waals surface area contributed by atoms with Gasteiger partial charge < -0.3 is 25.4 Å². The lowest BCUT2D eigenvalue weighted by molar-refractivity contribution is 0.0995. The molecule has 0 aliphatic carbocycles. The largest absolute Gasteiger partial charge is 0.471 e. The number of rotatable bonds is 11. The first-order chi connectivity index (χ1) is 20.7. The van der Waals surface area contributed by atoms with E-state index in [2.05, 4.69) is 25.3 Å². The van der Waals surface area contributed by atoms with E-state index in [-0.39, 0.29) is 40.4 Å². The van der Waals surface area contributed by atoms with Crippen molar-refractivity contribution in [1.29, 1.82) is 0 Å². The summed E-state index contributed by atoms with van der Waals surface area (Å²) in [5, 5.41) is 7.14. The van der Waals surface area contributed by atoms with E-state index in [4.69, 9.17) is 15.2 Å². The van der Waals surface area contributed by atoms with Gasteiger partial charge in [-0.05, 0) is 31.2 Å². The van der Waals surface area contributed by atoms with Gasteiger partial charge in [-0.2, -0.15) is 9.40 Å². The third-order valence-corrected chi connectivity index (χ3v) is 9.42. The number of hydrogen-bond donors (Lipinski definition) is 2. The summed E-state index contributed by atoms with van der Waals surface area (Å²) in [6, 6.07) is 6.71. The molecule has 2 aliphatic rings. The van der Waals surface area contributed by atoms with Crippen LogP contribution < -0.4 is 15.8 Å². The number of ether oxygens (including phenoxy) is 2. The van der Waals surface area contributed by atoms with E-state index in [0.29, 0.717) is 63.6 Å². The van der Waals surface area contributed by atoms with E-state index in [0.717, 1.165) is 6.54 Å². The summed E-state index contributed by atoms with van der Waals surface area (Å²) in [6.45, 7) is 7.65. The fraction of sp³-hybridized carbons (Fsp3) is 0.464. The lowest BCUT2D eigenvalue weighted by atomic mass is 10.2. The number of nitrogens with zero attached hydrogens (tertiary/aromatic N) is 6. The van der Waals surface area contributed by atoms with E-state index in [1.807, 2.05) is 26.0 Å². The highest BCUT2D eigenvalue weighted by molar-refractivity contribution is 7.89. The minimum atomic E-state index is -3.95. The van der Waals surface area contributed by atoms with Gasteiger partial charge in [-0.1, -0.05) is 19.9 Å². The summed E-state index contributed by atoms with van der Waals surface area (Å²) < 4.78 is 41.5. The Labute approximate surface area is 250 Å². The number of carbonyl (C=O) groups is 2. The lowest BCUT2D eigenvalue weighted by Crippen LogP contribution is -2.48. The average Bonchev–Trinajstić information content (AvgIpc) is 3.65. The van der Waals surface area contributed by atoms with Crippen LogP contribution in [0.4, 0.5) is 5.69 Å². The predicted octanol–water partition coefficient (Wildman–Crippen LogP) is 1.13. The molecule has 0 unspecified atom stereocenters. The number of piperazine rings is 1. The van der Waals surface area contributed by atoms with E-state index in [1.54, 1.807) is 16.9 Å². The number of hydrogen-bond acceptors (Lipinski definition) is 10. The van der Waals surface area contributed by atoms with Crippen LogP contribution in [0.15, 0.2) is 41.6 Å². The number of nitrogens with one attached hydrogen (secondary N) is 1. The van der Waals surface area contributed by atoms with Crippen molar-refractivity contribution in [1.82, 2.24) is 29.0 Å². The number of pyridine rings is 2. The van der Waals surface area contributed by atoms with Crippen molar-refractivity contribution in [3.8, 4) is 5.88 Å². The zero-order valence-electron chi connectivity index (χ0n) is 24.2. The van der Waals surface area contributed by atoms with Gasteiger partial charge in [-0.25, -0.2) is 13.4 Å². The number of likely N-dealkylation sites (N-methyl/N-ethyl adjacent to an activating group) is 1. The van der Waals surface area contributed by atoms with Crippen molar-refractivity contribution >= 4 is 27.5 Å². The van der Waals surface area contributed by atoms with Gasteiger partial charge in [0.2, 0.25) is 15.9 Å². The maximum atomic E-state index is 13.9. The number of amides is 2. The summed E-state index contributed by atoms with van der Waals surface area (Å²) in [5.74, 6) is -1.59. The first kappa shape index (κ1) is 30.5. The number of aromatic nitrogens is 4. The van der Waals surface area contributed by atoms with Crippen LogP contribution >= 0.6 is 0 Å². The molecule has 0 bridgehead atoms. The van der Waals surface area contributed by atoms with Gasteiger partial charge in [0.25, 0.3) is 11.8 Å². The zero-order chi connectivity index (χ0) is 30.6. The minimum absolute atomic E-state index is 0.0395. The summed E-state index contributed by atoms with van der Waals surface area (Å²) >= 11 is 0. The number of anilines is 1. The molecule has 0 spiro atoms. The maximum Gasteiger partial charge on any atom is 0.271 e. The van der Waals surface area contributed by atoms with Crippen molar-refractivity contribution in [2.75, 3.05) is 51.3 Å². The first-order valence-electron chi connectivity index (χ1n) is 14.3. The second-order valence-corrected chi connectivity index (χ2v) is 12.2. The Kier molecular flexibility index (Phi) is 9.34. The smallest absolute Gasteiger partial charge is 0.271 e. The number of nitrogens with two attached hydrogens (primary N) is 1. The van der Waals surface area contributed by atoms with Crippen molar-refractivity contribution in [3.63, 3.8) is 0 Å². The fourth-order valence-corrected chi connectivity index (χ4v) is 6.54. The standard InChI is InChI=1S/C28H36N8O6S/c1-3-23-24(25(26(29)37)33-36(23)17-19-7-5-6-9-30-19)32-27(38)22-15-21(16-31-28(22)42-20-8-14-41-18-20)43(39,40)35-12-10-34(4-2)11-13-35/h5-7,9,15-16,20H,3-4,8,10-14,17-18H2,1-2H3,(H2,29,37)(H,32,38)/t20-/m0/s1. The lowest BCUT2D eigenvalue weighted by Gasteiger charge is -2.33. The van der Waals surface area contributed by atoms with Gasteiger partial charge in [0, 0.05) is 38.8 Å². The molecular formula is C28H36N8O6S. The topological polar surface area (TPSA) is 175 Å². The number of sulfonamides is 1. The third-order valence-electron chi connectivity index (χ3n) is 7.56. The highest BCUT2D eigenvalue weighted by Crippen LogP contribution is 2.28. The molecule has 43 heavy (non-hydrogen) atoms. The van der Waals surface area contributed by atoms with Gasteiger partial charge in [0.15, 0.2) is 5.69 Å². The highest BCUT2D eigenvalue weighted by atomic mass is 32.2. The molecule has 0 saturated carbocycles. The molecule has 0 radical (unpaired) electrons. The molecule has 15 heteroatoms. The Morgan fingerprint density at radius 2 is 1.95 bits per heavy atom. The van der Waals surface area contributed by atoms with Gasteiger partial charge in [0.1, 0.15) is 16.6 Å². The van der Waals surface area contributed by atoms with Crippen molar-refractivity contribution in [3.05, 3.63) is 59.3 Å². The Hall–Kier alpha value is -3.92. The second kappa shape index (κ2) is 13.2. The van der Waals surface area contributed by atoms with Crippen LogP contribution in [-0.4, -0.2) is 101 Å². The quantitative estimate of drug-likeness (QED) is 0.319. The van der Waals surface area contributed by atoms with Crippen LogP contribution in [0, 0.1) is 0 Å². The summed E-state index contributed by atoms with van der Waals surface area (Å²) in [7, 11) is -3.95. The van der Waals surface area contributed by atoms with Crippen LogP contribution in [0.5, 0.6) is 5.88 Å². The molecule has 14 nitrogen and oxygen atoms in total. The molecular weight excluding hydrogens is 576 g/mol. The van der Waals surface area contributed by atoms with Crippen LogP contribution in [0.25, 0.3) is 0 Å². The predicted molar refractivity (Wildman–Crippen MR) is 156 cm³/mol. The highest BCUT2D eigenvalue weighted by Gasteiger charge is 2.32. The monoisotopic (exact) mass is 612 g/mol. The molecule has 2 fully saturated rings. The third kappa shape index (κ3) is 6.69. The van der Waals surface area contributed by atoms with Crippen molar-refractivity contribution in [2.45, 2.75) is 44.2 Å². The maximum absolute atomic E-state index is 13.9. The second-order valence-electron chi connectivity index (χ2n) is 10.3. The molecule has 0 aromatic carbocycles. The van der Waals surface area contributed by atoms with Crippen molar-refractivity contribution in [2.24, 2.45) is 5.73 Å². The molecule has 5 rings (SSSR count). The summed E-state index contributed by atoms with van der Waals surface area (Å²) in [6.07, 6.45) is 3.51. The van der Waals surface area contributed by atoms with Crippen LogP contribution in [-0.2, 0) is 27.7 Å². The molecule has 5 heterocycles.